The van der Waals surface area contributed by atoms with Crippen LogP contribution < -0.4 is 10.2 Å². The fourth-order valence-electron chi connectivity index (χ4n) is 4.43. The van der Waals surface area contributed by atoms with E-state index in [0.29, 0.717) is 12.3 Å². The van der Waals surface area contributed by atoms with Gasteiger partial charge in [0.1, 0.15) is 5.82 Å². The Kier molecular flexibility index (Phi) is 5.09. The van der Waals surface area contributed by atoms with Gasteiger partial charge in [0.2, 0.25) is 5.91 Å². The second-order valence-electron chi connectivity index (χ2n) is 7.98. The largest absolute Gasteiger partial charge is 0.357 e. The van der Waals surface area contributed by atoms with Crippen LogP contribution in [-0.4, -0.2) is 24.0 Å². The lowest BCUT2D eigenvalue weighted by Gasteiger charge is -2.21. The van der Waals surface area contributed by atoms with E-state index in [9.17, 15) is 4.79 Å². The number of carbonyl (C=O) groups is 1. The van der Waals surface area contributed by atoms with Crippen molar-refractivity contribution < 1.29 is 4.79 Å². The molecule has 0 unspecified atom stereocenters. The Balaban J connectivity index is 1.49. The fraction of sp³-hybridized carbons (Fsp3) is 0.545. The summed E-state index contributed by atoms with van der Waals surface area (Å²) < 4.78 is 0. The summed E-state index contributed by atoms with van der Waals surface area (Å²) in [5.74, 6) is 1.80. The third-order valence-electron chi connectivity index (χ3n) is 5.91. The molecular weight excluding hydrogens is 322 g/mol. The molecule has 0 radical (unpaired) electrons. The van der Waals surface area contributed by atoms with E-state index in [0.717, 1.165) is 35.5 Å². The van der Waals surface area contributed by atoms with Crippen LogP contribution in [0, 0.1) is 12.8 Å². The van der Waals surface area contributed by atoms with Crippen LogP contribution in [0.3, 0.4) is 0 Å². The molecule has 1 saturated heterocycles. The second-order valence-corrected chi connectivity index (χ2v) is 7.98. The third kappa shape index (κ3) is 3.84. The number of fused-ring (bicyclic) bond motifs is 1. The molecule has 1 aromatic heterocycles. The molecule has 4 rings (SSSR count). The molecule has 4 heteroatoms. The van der Waals surface area contributed by atoms with E-state index in [-0.39, 0.29) is 5.91 Å². The number of aromatic nitrogens is 1. The SMILES string of the molecule is Cc1cc(N2CCCC2)nc2ccc(NC(=O)CC3CCCCC3)cc12. The van der Waals surface area contributed by atoms with Crippen LogP contribution in [-0.2, 0) is 4.79 Å². The lowest BCUT2D eigenvalue weighted by atomic mass is 9.87. The summed E-state index contributed by atoms with van der Waals surface area (Å²) in [4.78, 5) is 19.6. The maximum atomic E-state index is 12.4. The minimum absolute atomic E-state index is 0.149. The highest BCUT2D eigenvalue weighted by atomic mass is 16.1. The van der Waals surface area contributed by atoms with Gasteiger partial charge in [-0.3, -0.25) is 4.79 Å². The summed E-state index contributed by atoms with van der Waals surface area (Å²) in [6, 6.07) is 8.28. The summed E-state index contributed by atoms with van der Waals surface area (Å²) in [6.45, 7) is 4.34. The predicted octanol–water partition coefficient (Wildman–Crippen LogP) is 5.05. The summed E-state index contributed by atoms with van der Waals surface area (Å²) >= 11 is 0. The first-order chi connectivity index (χ1) is 12.7. The van der Waals surface area contributed by atoms with Gasteiger partial charge in [0.25, 0.3) is 0 Å². The van der Waals surface area contributed by atoms with Crippen molar-refractivity contribution >= 4 is 28.3 Å². The molecular formula is C22H29N3O. The maximum Gasteiger partial charge on any atom is 0.224 e. The van der Waals surface area contributed by atoms with Gasteiger partial charge < -0.3 is 10.2 Å². The normalized spacial score (nSPS) is 18.4. The first kappa shape index (κ1) is 17.3. The van der Waals surface area contributed by atoms with Crippen molar-refractivity contribution in [3.63, 3.8) is 0 Å². The number of amides is 1. The zero-order valence-electron chi connectivity index (χ0n) is 15.8. The van der Waals surface area contributed by atoms with Crippen molar-refractivity contribution in [2.45, 2.75) is 58.3 Å². The van der Waals surface area contributed by atoms with Gasteiger partial charge in [-0.05, 0) is 68.4 Å². The zero-order valence-corrected chi connectivity index (χ0v) is 15.8. The molecule has 1 aliphatic heterocycles. The number of rotatable bonds is 4. The molecule has 0 spiro atoms. The van der Waals surface area contributed by atoms with Gasteiger partial charge in [0.05, 0.1) is 5.52 Å². The highest BCUT2D eigenvalue weighted by Gasteiger charge is 2.18. The quantitative estimate of drug-likeness (QED) is 0.838. The average Bonchev–Trinajstić information content (AvgIpc) is 3.17. The molecule has 26 heavy (non-hydrogen) atoms. The molecule has 1 aliphatic carbocycles. The van der Waals surface area contributed by atoms with Gasteiger partial charge in [-0.2, -0.15) is 0 Å². The molecule has 2 aliphatic rings. The van der Waals surface area contributed by atoms with Crippen LogP contribution in [0.5, 0.6) is 0 Å². The Hall–Kier alpha value is -2.10. The zero-order chi connectivity index (χ0) is 17.9. The lowest BCUT2D eigenvalue weighted by molar-refractivity contribution is -0.117. The smallest absolute Gasteiger partial charge is 0.224 e. The van der Waals surface area contributed by atoms with E-state index in [1.165, 1.54) is 50.5 Å². The minimum atomic E-state index is 0.149. The Morgan fingerprint density at radius 3 is 2.65 bits per heavy atom. The first-order valence-corrected chi connectivity index (χ1v) is 10.2. The van der Waals surface area contributed by atoms with Gasteiger partial charge in [-0.1, -0.05) is 19.3 Å². The van der Waals surface area contributed by atoms with Crippen molar-refractivity contribution in [1.29, 1.82) is 0 Å². The fourth-order valence-corrected chi connectivity index (χ4v) is 4.43. The van der Waals surface area contributed by atoms with E-state index in [4.69, 9.17) is 4.98 Å². The predicted molar refractivity (Wildman–Crippen MR) is 108 cm³/mol. The van der Waals surface area contributed by atoms with Crippen LogP contribution in [0.25, 0.3) is 10.9 Å². The number of benzene rings is 1. The van der Waals surface area contributed by atoms with Crippen LogP contribution in [0.4, 0.5) is 11.5 Å². The molecule has 2 aromatic rings. The van der Waals surface area contributed by atoms with E-state index in [1.807, 2.05) is 12.1 Å². The Bertz CT molecular complexity index is 789. The topological polar surface area (TPSA) is 45.2 Å². The number of hydrogen-bond donors (Lipinski definition) is 1. The number of nitrogens with one attached hydrogen (secondary N) is 1. The van der Waals surface area contributed by atoms with Gasteiger partial charge in [0.15, 0.2) is 0 Å². The Morgan fingerprint density at radius 1 is 1.12 bits per heavy atom. The van der Waals surface area contributed by atoms with E-state index >= 15 is 0 Å². The molecule has 0 bridgehead atoms. The molecule has 1 N–H and O–H groups in total. The highest BCUT2D eigenvalue weighted by Crippen LogP contribution is 2.29. The standard InChI is InChI=1S/C22H29N3O/c1-16-13-21(25-11-5-6-12-25)24-20-10-9-18(15-19(16)20)23-22(26)14-17-7-3-2-4-8-17/h9-10,13,15,17H,2-8,11-12,14H2,1H3,(H,23,26). The van der Waals surface area contributed by atoms with Gasteiger partial charge in [0, 0.05) is 30.6 Å². The van der Waals surface area contributed by atoms with E-state index < -0.39 is 0 Å². The van der Waals surface area contributed by atoms with Crippen LogP contribution >= 0.6 is 0 Å². The highest BCUT2D eigenvalue weighted by molar-refractivity contribution is 5.94. The molecule has 0 atom stereocenters. The van der Waals surface area contributed by atoms with E-state index in [2.05, 4.69) is 29.3 Å². The number of anilines is 2. The third-order valence-corrected chi connectivity index (χ3v) is 5.91. The summed E-state index contributed by atoms with van der Waals surface area (Å²) in [7, 11) is 0. The van der Waals surface area contributed by atoms with E-state index in [1.54, 1.807) is 0 Å². The monoisotopic (exact) mass is 351 g/mol. The number of carbonyl (C=O) groups excluding carboxylic acids is 1. The molecule has 2 fully saturated rings. The Morgan fingerprint density at radius 2 is 1.88 bits per heavy atom. The van der Waals surface area contributed by atoms with Crippen molar-refractivity contribution in [2.24, 2.45) is 5.92 Å². The first-order valence-electron chi connectivity index (χ1n) is 10.2. The Labute approximate surface area is 156 Å². The van der Waals surface area contributed by atoms with Crippen molar-refractivity contribution in [3.8, 4) is 0 Å². The molecule has 1 aromatic carbocycles. The number of hydrogen-bond acceptors (Lipinski definition) is 3. The summed E-state index contributed by atoms with van der Waals surface area (Å²) in [5.41, 5.74) is 3.12. The summed E-state index contributed by atoms with van der Waals surface area (Å²) in [6.07, 6.45) is 9.45. The molecule has 138 valence electrons. The number of pyridine rings is 1. The summed E-state index contributed by atoms with van der Waals surface area (Å²) in [5, 5.41) is 4.23. The van der Waals surface area contributed by atoms with Crippen LogP contribution in [0.2, 0.25) is 0 Å². The molecule has 1 saturated carbocycles. The molecule has 1 amide bonds. The lowest BCUT2D eigenvalue weighted by Crippen LogP contribution is -2.19. The van der Waals surface area contributed by atoms with Gasteiger partial charge >= 0.3 is 0 Å². The molecule has 2 heterocycles. The maximum absolute atomic E-state index is 12.4. The van der Waals surface area contributed by atoms with Crippen LogP contribution in [0.15, 0.2) is 24.3 Å². The number of nitrogens with zero attached hydrogens (tertiary/aromatic N) is 2. The van der Waals surface area contributed by atoms with Crippen molar-refractivity contribution in [3.05, 3.63) is 29.8 Å². The minimum Gasteiger partial charge on any atom is -0.357 e. The van der Waals surface area contributed by atoms with Crippen molar-refractivity contribution in [1.82, 2.24) is 4.98 Å². The van der Waals surface area contributed by atoms with Gasteiger partial charge in [-0.25, -0.2) is 4.98 Å². The van der Waals surface area contributed by atoms with Crippen molar-refractivity contribution in [2.75, 3.05) is 23.3 Å². The average molecular weight is 351 g/mol. The van der Waals surface area contributed by atoms with Crippen LogP contribution in [0.1, 0.15) is 56.9 Å². The number of aryl methyl sites for hydroxylation is 1. The second kappa shape index (κ2) is 7.65. The molecule has 4 nitrogen and oxygen atoms in total. The van der Waals surface area contributed by atoms with Gasteiger partial charge in [-0.15, -0.1) is 0 Å².